The summed E-state index contributed by atoms with van der Waals surface area (Å²) in [7, 11) is 1.77. The van der Waals surface area contributed by atoms with Gasteiger partial charge in [0, 0.05) is 31.7 Å². The molecule has 2 aromatic heterocycles. The van der Waals surface area contributed by atoms with Crippen LogP contribution in [0.4, 0.5) is 11.5 Å². The first kappa shape index (κ1) is 18.5. The average molecular weight is 361 g/mol. The van der Waals surface area contributed by atoms with Gasteiger partial charge in [-0.3, -0.25) is 9.78 Å². The van der Waals surface area contributed by atoms with Gasteiger partial charge in [-0.2, -0.15) is 0 Å². The Morgan fingerprint density at radius 1 is 1.04 bits per heavy atom. The van der Waals surface area contributed by atoms with Crippen molar-refractivity contribution in [2.75, 3.05) is 18.9 Å². The summed E-state index contributed by atoms with van der Waals surface area (Å²) < 4.78 is 0. The predicted octanol–water partition coefficient (Wildman–Crippen LogP) is 3.55. The molecule has 27 heavy (non-hydrogen) atoms. The van der Waals surface area contributed by atoms with Crippen molar-refractivity contribution in [3.8, 4) is 0 Å². The first-order chi connectivity index (χ1) is 13.0. The Hall–Kier alpha value is -3.28. The highest BCUT2D eigenvalue weighted by Gasteiger charge is 2.14. The fourth-order valence-electron chi connectivity index (χ4n) is 2.79. The number of para-hydroxylation sites is 1. The number of aryl methyl sites for hydroxylation is 2. The largest absolute Gasteiger partial charge is 0.340 e. The number of hydrogen-bond donors (Lipinski definition) is 1. The third kappa shape index (κ3) is 4.67. The average Bonchev–Trinajstić information content (AvgIpc) is 2.70. The summed E-state index contributed by atoms with van der Waals surface area (Å²) in [6.45, 7) is 4.68. The minimum Gasteiger partial charge on any atom is -0.340 e. The highest BCUT2D eigenvalue weighted by molar-refractivity contribution is 5.91. The number of hydrogen-bond acceptors (Lipinski definition) is 5. The lowest BCUT2D eigenvalue weighted by Gasteiger charge is -2.17. The van der Waals surface area contributed by atoms with Crippen LogP contribution in [0.2, 0.25) is 0 Å². The standard InChI is InChI=1S/C21H23N5O/c1-15-5-4-6-16(2)20(15)25-19-14-23-18(13-24-19)21(27)26(3)12-9-17-7-10-22-11-8-17/h4-8,10-11,13-14H,9,12H2,1-3H3,(H,24,25). The minimum absolute atomic E-state index is 0.143. The molecule has 138 valence electrons. The van der Waals surface area contributed by atoms with Crippen LogP contribution in [0.1, 0.15) is 27.2 Å². The number of rotatable bonds is 6. The number of benzene rings is 1. The predicted molar refractivity (Wildman–Crippen MR) is 106 cm³/mol. The van der Waals surface area contributed by atoms with Crippen LogP contribution >= 0.6 is 0 Å². The van der Waals surface area contributed by atoms with Crippen molar-refractivity contribution in [3.63, 3.8) is 0 Å². The second-order valence-corrected chi connectivity index (χ2v) is 6.51. The molecule has 0 radical (unpaired) electrons. The molecular formula is C21H23N5O. The Labute approximate surface area is 159 Å². The van der Waals surface area contributed by atoms with Crippen molar-refractivity contribution < 1.29 is 4.79 Å². The number of carbonyl (C=O) groups excluding carboxylic acids is 1. The van der Waals surface area contributed by atoms with E-state index in [1.165, 1.54) is 6.20 Å². The maximum absolute atomic E-state index is 12.5. The van der Waals surface area contributed by atoms with E-state index in [0.29, 0.717) is 18.1 Å². The fourth-order valence-corrected chi connectivity index (χ4v) is 2.79. The van der Waals surface area contributed by atoms with Gasteiger partial charge in [0.15, 0.2) is 0 Å². The summed E-state index contributed by atoms with van der Waals surface area (Å²) in [6.07, 6.45) is 7.39. The molecule has 0 aliphatic heterocycles. The van der Waals surface area contributed by atoms with Gasteiger partial charge in [-0.15, -0.1) is 0 Å². The molecule has 0 atom stereocenters. The number of pyridine rings is 1. The maximum Gasteiger partial charge on any atom is 0.273 e. The van der Waals surface area contributed by atoms with Crippen LogP contribution in [0, 0.1) is 13.8 Å². The number of likely N-dealkylation sites (N-methyl/N-ethyl adjacent to an activating group) is 1. The van der Waals surface area contributed by atoms with Crippen molar-refractivity contribution in [1.29, 1.82) is 0 Å². The summed E-state index contributed by atoms with van der Waals surface area (Å²) in [5.41, 5.74) is 4.75. The lowest BCUT2D eigenvalue weighted by molar-refractivity contribution is 0.0790. The van der Waals surface area contributed by atoms with Gasteiger partial charge in [-0.25, -0.2) is 9.97 Å². The third-order valence-electron chi connectivity index (χ3n) is 4.44. The Kier molecular flexibility index (Phi) is 5.76. The van der Waals surface area contributed by atoms with Crippen LogP contribution in [-0.2, 0) is 6.42 Å². The molecule has 0 saturated carbocycles. The molecule has 6 nitrogen and oxygen atoms in total. The van der Waals surface area contributed by atoms with E-state index in [1.807, 2.05) is 44.2 Å². The van der Waals surface area contributed by atoms with E-state index in [4.69, 9.17) is 0 Å². The summed E-state index contributed by atoms with van der Waals surface area (Å²) in [4.78, 5) is 26.8. The van der Waals surface area contributed by atoms with Crippen molar-refractivity contribution >= 4 is 17.4 Å². The number of anilines is 2. The van der Waals surface area contributed by atoms with E-state index in [2.05, 4.69) is 20.3 Å². The summed E-state index contributed by atoms with van der Waals surface area (Å²) >= 11 is 0. The molecule has 1 aromatic carbocycles. The Bertz CT molecular complexity index is 889. The quantitative estimate of drug-likeness (QED) is 0.727. The molecule has 0 fully saturated rings. The molecule has 0 spiro atoms. The molecule has 0 unspecified atom stereocenters. The number of amides is 1. The van der Waals surface area contributed by atoms with Gasteiger partial charge in [0.2, 0.25) is 0 Å². The monoisotopic (exact) mass is 361 g/mol. The molecule has 0 aliphatic rings. The molecule has 2 heterocycles. The first-order valence-electron chi connectivity index (χ1n) is 8.84. The van der Waals surface area contributed by atoms with Gasteiger partial charge >= 0.3 is 0 Å². The number of nitrogens with one attached hydrogen (secondary N) is 1. The Balaban J connectivity index is 1.63. The normalized spacial score (nSPS) is 10.5. The first-order valence-corrected chi connectivity index (χ1v) is 8.84. The zero-order valence-corrected chi connectivity index (χ0v) is 15.8. The number of nitrogens with zero attached hydrogens (tertiary/aromatic N) is 4. The summed E-state index contributed by atoms with van der Waals surface area (Å²) in [6, 6.07) is 10.0. The van der Waals surface area contributed by atoms with Gasteiger partial charge < -0.3 is 10.2 Å². The van der Waals surface area contributed by atoms with Gasteiger partial charge in [0.1, 0.15) is 11.5 Å². The van der Waals surface area contributed by atoms with Crippen LogP contribution < -0.4 is 5.32 Å². The molecule has 6 heteroatoms. The molecule has 0 saturated heterocycles. The molecule has 0 bridgehead atoms. The molecular weight excluding hydrogens is 338 g/mol. The van der Waals surface area contributed by atoms with Crippen LogP contribution in [0.3, 0.4) is 0 Å². The van der Waals surface area contributed by atoms with E-state index >= 15 is 0 Å². The SMILES string of the molecule is Cc1cccc(C)c1Nc1cnc(C(=O)N(C)CCc2ccncc2)cn1. The zero-order chi connectivity index (χ0) is 19.2. The van der Waals surface area contributed by atoms with Crippen LogP contribution in [0.25, 0.3) is 0 Å². The van der Waals surface area contributed by atoms with E-state index < -0.39 is 0 Å². The van der Waals surface area contributed by atoms with Crippen molar-refractivity contribution in [2.45, 2.75) is 20.3 Å². The van der Waals surface area contributed by atoms with Crippen molar-refractivity contribution in [2.24, 2.45) is 0 Å². The van der Waals surface area contributed by atoms with Gasteiger partial charge in [0.25, 0.3) is 5.91 Å². The molecule has 0 aliphatic carbocycles. The zero-order valence-electron chi connectivity index (χ0n) is 15.8. The van der Waals surface area contributed by atoms with Crippen LogP contribution in [-0.4, -0.2) is 39.4 Å². The number of aromatic nitrogens is 3. The van der Waals surface area contributed by atoms with Gasteiger partial charge in [-0.1, -0.05) is 18.2 Å². The van der Waals surface area contributed by atoms with E-state index in [-0.39, 0.29) is 5.91 Å². The Morgan fingerprint density at radius 2 is 1.74 bits per heavy atom. The summed E-state index contributed by atoms with van der Waals surface area (Å²) in [5, 5.41) is 3.28. The third-order valence-corrected chi connectivity index (χ3v) is 4.44. The molecule has 3 aromatic rings. The van der Waals surface area contributed by atoms with E-state index in [9.17, 15) is 4.79 Å². The second-order valence-electron chi connectivity index (χ2n) is 6.51. The van der Waals surface area contributed by atoms with Crippen molar-refractivity contribution in [3.05, 3.63) is 77.5 Å². The Morgan fingerprint density at radius 3 is 2.37 bits per heavy atom. The van der Waals surface area contributed by atoms with E-state index in [1.54, 1.807) is 30.5 Å². The van der Waals surface area contributed by atoms with Gasteiger partial charge in [-0.05, 0) is 49.1 Å². The van der Waals surface area contributed by atoms with Gasteiger partial charge in [0.05, 0.1) is 12.4 Å². The molecule has 1 amide bonds. The lowest BCUT2D eigenvalue weighted by atomic mass is 10.1. The highest BCUT2D eigenvalue weighted by Crippen LogP contribution is 2.22. The highest BCUT2D eigenvalue weighted by atomic mass is 16.2. The second kappa shape index (κ2) is 8.40. The topological polar surface area (TPSA) is 71.0 Å². The molecule has 3 rings (SSSR count). The molecule has 1 N–H and O–H groups in total. The minimum atomic E-state index is -0.143. The smallest absolute Gasteiger partial charge is 0.273 e. The van der Waals surface area contributed by atoms with Crippen LogP contribution in [0.15, 0.2) is 55.1 Å². The van der Waals surface area contributed by atoms with Crippen molar-refractivity contribution in [1.82, 2.24) is 19.9 Å². The van der Waals surface area contributed by atoms with Crippen LogP contribution in [0.5, 0.6) is 0 Å². The fraction of sp³-hybridized carbons (Fsp3) is 0.238. The number of carbonyl (C=O) groups is 1. The summed E-state index contributed by atoms with van der Waals surface area (Å²) in [5.74, 6) is 0.471. The maximum atomic E-state index is 12.5. The lowest BCUT2D eigenvalue weighted by Crippen LogP contribution is -2.29. The van der Waals surface area contributed by atoms with E-state index in [0.717, 1.165) is 28.8 Å².